The highest BCUT2D eigenvalue weighted by atomic mass is 19.2. The molecule has 0 fully saturated rings. The molecule has 4 heteroatoms. The Hall–Kier alpha value is -1.29. The van der Waals surface area contributed by atoms with Gasteiger partial charge in [0.2, 0.25) is 0 Å². The van der Waals surface area contributed by atoms with E-state index in [0.29, 0.717) is 6.07 Å². The molecule has 1 nitrogen and oxygen atoms in total. The number of rotatable bonds is 3. The van der Waals surface area contributed by atoms with Crippen LogP contribution in [0.5, 0.6) is 0 Å². The smallest absolute Gasteiger partial charge is 0.164 e. The summed E-state index contributed by atoms with van der Waals surface area (Å²) in [5, 5.41) is 9.31. The summed E-state index contributed by atoms with van der Waals surface area (Å²) >= 11 is 0. The molecule has 1 aromatic rings. The highest BCUT2D eigenvalue weighted by Crippen LogP contribution is 2.23. The van der Waals surface area contributed by atoms with Crippen molar-refractivity contribution >= 4 is 0 Å². The Morgan fingerprint density at radius 3 is 2.57 bits per heavy atom. The largest absolute Gasteiger partial charge is 0.388 e. The fourth-order valence-electron chi connectivity index (χ4n) is 1.10. The summed E-state index contributed by atoms with van der Waals surface area (Å²) in [6.45, 7) is 3.33. The maximum Gasteiger partial charge on any atom is 0.164 e. The quantitative estimate of drug-likeness (QED) is 0.590. The molecule has 0 saturated heterocycles. The summed E-state index contributed by atoms with van der Waals surface area (Å²) in [5.41, 5.74) is -0.387. The molecule has 0 aromatic heterocycles. The predicted octanol–water partition coefficient (Wildman–Crippen LogP) is 2.71. The van der Waals surface area contributed by atoms with E-state index in [1.54, 1.807) is 0 Å². The number of hydrogen-bond donors (Lipinski definition) is 1. The first-order chi connectivity index (χ1) is 6.56. The molecular formula is C10H9F3O. The molecule has 0 spiro atoms. The molecule has 0 radical (unpaired) electrons. The summed E-state index contributed by atoms with van der Waals surface area (Å²) in [4.78, 5) is 0. The first-order valence-corrected chi connectivity index (χ1v) is 3.99. The highest BCUT2D eigenvalue weighted by molar-refractivity contribution is 5.22. The van der Waals surface area contributed by atoms with Crippen molar-refractivity contribution in [1.82, 2.24) is 0 Å². The SMILES string of the molecule is C=CCC(O)c1cc(F)cc(F)c1F. The maximum atomic E-state index is 13.0. The van der Waals surface area contributed by atoms with Crippen molar-refractivity contribution in [2.45, 2.75) is 12.5 Å². The molecule has 76 valence electrons. The van der Waals surface area contributed by atoms with Gasteiger partial charge in [0.05, 0.1) is 6.10 Å². The fourth-order valence-corrected chi connectivity index (χ4v) is 1.10. The molecule has 1 atom stereocenters. The van der Waals surface area contributed by atoms with Gasteiger partial charge in [0, 0.05) is 11.6 Å². The second kappa shape index (κ2) is 4.28. The predicted molar refractivity (Wildman–Crippen MR) is 46.1 cm³/mol. The van der Waals surface area contributed by atoms with Crippen molar-refractivity contribution < 1.29 is 18.3 Å². The van der Waals surface area contributed by atoms with Gasteiger partial charge in [0.1, 0.15) is 5.82 Å². The number of aliphatic hydroxyl groups is 1. The second-order valence-electron chi connectivity index (χ2n) is 2.83. The average molecular weight is 202 g/mol. The molecule has 1 rings (SSSR count). The summed E-state index contributed by atoms with van der Waals surface area (Å²) < 4.78 is 38.4. The molecule has 1 aromatic carbocycles. The van der Waals surface area contributed by atoms with E-state index in [1.807, 2.05) is 0 Å². The van der Waals surface area contributed by atoms with Crippen molar-refractivity contribution in [2.75, 3.05) is 0 Å². The van der Waals surface area contributed by atoms with E-state index in [1.165, 1.54) is 6.08 Å². The van der Waals surface area contributed by atoms with E-state index in [2.05, 4.69) is 6.58 Å². The van der Waals surface area contributed by atoms with E-state index in [9.17, 15) is 18.3 Å². The first-order valence-electron chi connectivity index (χ1n) is 3.99. The lowest BCUT2D eigenvalue weighted by atomic mass is 10.1. The number of benzene rings is 1. The molecule has 14 heavy (non-hydrogen) atoms. The minimum atomic E-state index is -1.30. The Balaban J connectivity index is 3.12. The molecule has 1 unspecified atom stereocenters. The van der Waals surface area contributed by atoms with E-state index in [4.69, 9.17) is 0 Å². The van der Waals surface area contributed by atoms with Crippen molar-refractivity contribution in [2.24, 2.45) is 0 Å². The van der Waals surface area contributed by atoms with E-state index in [-0.39, 0.29) is 12.0 Å². The molecule has 0 aliphatic carbocycles. The first kappa shape index (κ1) is 10.8. The minimum Gasteiger partial charge on any atom is -0.388 e. The zero-order chi connectivity index (χ0) is 10.7. The Morgan fingerprint density at radius 2 is 2.00 bits per heavy atom. The van der Waals surface area contributed by atoms with E-state index < -0.39 is 23.6 Å². The maximum absolute atomic E-state index is 13.0. The molecule has 0 aliphatic heterocycles. The summed E-state index contributed by atoms with van der Waals surface area (Å²) in [6.07, 6.45) is 0.116. The fraction of sp³-hybridized carbons (Fsp3) is 0.200. The molecule has 1 N–H and O–H groups in total. The lowest BCUT2D eigenvalue weighted by Crippen LogP contribution is -2.02. The Labute approximate surface area is 79.5 Å². The van der Waals surface area contributed by atoms with Crippen molar-refractivity contribution in [3.63, 3.8) is 0 Å². The van der Waals surface area contributed by atoms with Crippen molar-refractivity contribution in [3.05, 3.63) is 47.8 Å². The molecular weight excluding hydrogens is 193 g/mol. The molecule has 0 aliphatic rings. The minimum absolute atomic E-state index is 0.0415. The third kappa shape index (κ3) is 2.14. The van der Waals surface area contributed by atoms with E-state index in [0.717, 1.165) is 6.07 Å². The normalized spacial score (nSPS) is 12.6. The van der Waals surface area contributed by atoms with Crippen LogP contribution >= 0.6 is 0 Å². The van der Waals surface area contributed by atoms with E-state index >= 15 is 0 Å². The van der Waals surface area contributed by atoms with Crippen LogP contribution in [-0.2, 0) is 0 Å². The molecule has 0 amide bonds. The van der Waals surface area contributed by atoms with Crippen LogP contribution in [0.2, 0.25) is 0 Å². The Kier molecular flexibility index (Phi) is 3.30. The van der Waals surface area contributed by atoms with Gasteiger partial charge in [0.15, 0.2) is 11.6 Å². The standard InChI is InChI=1S/C10H9F3O/c1-2-3-9(14)7-4-6(11)5-8(12)10(7)13/h2,4-5,9,14H,1,3H2. The third-order valence-electron chi connectivity index (χ3n) is 1.77. The number of hydrogen-bond acceptors (Lipinski definition) is 1. The van der Waals surface area contributed by atoms with Crippen LogP contribution in [0.4, 0.5) is 13.2 Å². The van der Waals surface area contributed by atoms with Gasteiger partial charge in [-0.1, -0.05) is 6.08 Å². The van der Waals surface area contributed by atoms with Crippen LogP contribution in [-0.4, -0.2) is 5.11 Å². The van der Waals surface area contributed by atoms with Gasteiger partial charge in [0.25, 0.3) is 0 Å². The van der Waals surface area contributed by atoms with Crippen LogP contribution in [0, 0.1) is 17.5 Å². The highest BCUT2D eigenvalue weighted by Gasteiger charge is 2.16. The van der Waals surface area contributed by atoms with Crippen LogP contribution in [0.1, 0.15) is 18.1 Å². The van der Waals surface area contributed by atoms with Gasteiger partial charge in [-0.25, -0.2) is 13.2 Å². The van der Waals surface area contributed by atoms with Crippen molar-refractivity contribution in [1.29, 1.82) is 0 Å². The zero-order valence-electron chi connectivity index (χ0n) is 7.30. The third-order valence-corrected chi connectivity index (χ3v) is 1.77. The lowest BCUT2D eigenvalue weighted by Gasteiger charge is -2.09. The number of halogens is 3. The van der Waals surface area contributed by atoms with Crippen LogP contribution in [0.25, 0.3) is 0 Å². The molecule has 0 bridgehead atoms. The van der Waals surface area contributed by atoms with Crippen LogP contribution in [0.3, 0.4) is 0 Å². The van der Waals surface area contributed by atoms with Crippen molar-refractivity contribution in [3.8, 4) is 0 Å². The van der Waals surface area contributed by atoms with Gasteiger partial charge in [-0.05, 0) is 12.5 Å². The van der Waals surface area contributed by atoms with Crippen LogP contribution < -0.4 is 0 Å². The molecule has 0 heterocycles. The van der Waals surface area contributed by atoms with Gasteiger partial charge in [-0.2, -0.15) is 0 Å². The van der Waals surface area contributed by atoms with Gasteiger partial charge in [-0.3, -0.25) is 0 Å². The lowest BCUT2D eigenvalue weighted by molar-refractivity contribution is 0.175. The Bertz CT molecular complexity index is 349. The monoisotopic (exact) mass is 202 g/mol. The second-order valence-corrected chi connectivity index (χ2v) is 2.83. The topological polar surface area (TPSA) is 20.2 Å². The summed E-state index contributed by atoms with van der Waals surface area (Å²) in [5.74, 6) is -3.44. The molecule has 0 saturated carbocycles. The average Bonchev–Trinajstić information content (AvgIpc) is 2.11. The number of aliphatic hydroxyl groups excluding tert-OH is 1. The summed E-state index contributed by atoms with van der Waals surface area (Å²) in [7, 11) is 0. The zero-order valence-corrected chi connectivity index (χ0v) is 7.30. The Morgan fingerprint density at radius 1 is 1.36 bits per heavy atom. The van der Waals surface area contributed by atoms with Gasteiger partial charge < -0.3 is 5.11 Å². The summed E-state index contributed by atoms with van der Waals surface area (Å²) in [6, 6.07) is 1.20. The van der Waals surface area contributed by atoms with Crippen LogP contribution in [0.15, 0.2) is 24.8 Å². The van der Waals surface area contributed by atoms with Gasteiger partial charge >= 0.3 is 0 Å². The van der Waals surface area contributed by atoms with Gasteiger partial charge in [-0.15, -0.1) is 6.58 Å².